The standard InChI is InChI=1S/C57H38N4/c1-3-14-37(15-4-1)38-26-28-41(29-27-38)50-35-45(56-58-55(42-18-5-2-6-19-42)59-57(60-56)49-25-13-22-39-16-9-11-23-46(39)49)31-33-52(50)61-53-36-44-21-8-7-20-43(44)34-51(53)48-32-30-40-17-10-12-24-47(40)54(48)61/h1-24,26-36,49H,25H2. The van der Waals surface area contributed by atoms with E-state index in [1.54, 1.807) is 0 Å². The summed E-state index contributed by atoms with van der Waals surface area (Å²) in [6.45, 7) is 0. The Hall–Kier alpha value is -7.95. The van der Waals surface area contributed by atoms with Crippen molar-refractivity contribution in [3.8, 4) is 50.7 Å². The van der Waals surface area contributed by atoms with Crippen molar-refractivity contribution >= 4 is 49.4 Å². The zero-order valence-electron chi connectivity index (χ0n) is 33.3. The van der Waals surface area contributed by atoms with E-state index in [1.165, 1.54) is 60.1 Å². The molecule has 286 valence electrons. The topological polar surface area (TPSA) is 43.6 Å². The fraction of sp³-hybridized carbons (Fsp3) is 0.0351. The van der Waals surface area contributed by atoms with Gasteiger partial charge in [0.15, 0.2) is 11.6 Å². The maximum Gasteiger partial charge on any atom is 0.163 e. The molecule has 11 aromatic rings. The van der Waals surface area contributed by atoms with Crippen molar-refractivity contribution in [3.63, 3.8) is 0 Å². The minimum Gasteiger partial charge on any atom is -0.308 e. The SMILES string of the molecule is C1=Cc2ccccc2C(c2nc(-c3ccccc3)nc(-c3ccc(-n4c5cc6ccccc6cc5c5ccc6ccccc6c54)c(-c4ccc(-c5ccccc5)cc4)c3)n2)C1. The van der Waals surface area contributed by atoms with Gasteiger partial charge < -0.3 is 4.57 Å². The maximum atomic E-state index is 5.34. The number of hydrogen-bond acceptors (Lipinski definition) is 3. The average Bonchev–Trinajstić information content (AvgIpc) is 3.66. The van der Waals surface area contributed by atoms with Crippen LogP contribution in [-0.4, -0.2) is 19.5 Å². The first kappa shape index (κ1) is 35.0. The molecule has 61 heavy (non-hydrogen) atoms. The third-order valence-electron chi connectivity index (χ3n) is 12.4. The molecule has 0 spiro atoms. The van der Waals surface area contributed by atoms with Gasteiger partial charge in [-0.15, -0.1) is 0 Å². The van der Waals surface area contributed by atoms with E-state index in [-0.39, 0.29) is 5.92 Å². The number of nitrogens with zero attached hydrogens (tertiary/aromatic N) is 4. The number of hydrogen-bond donors (Lipinski definition) is 0. The molecule has 1 aliphatic carbocycles. The van der Waals surface area contributed by atoms with Crippen LogP contribution >= 0.6 is 0 Å². The van der Waals surface area contributed by atoms with E-state index in [0.717, 1.165) is 45.7 Å². The Morgan fingerprint density at radius 3 is 1.85 bits per heavy atom. The average molecular weight is 779 g/mol. The van der Waals surface area contributed by atoms with Crippen LogP contribution < -0.4 is 0 Å². The van der Waals surface area contributed by atoms with Gasteiger partial charge in [0.2, 0.25) is 0 Å². The molecule has 0 N–H and O–H groups in total. The van der Waals surface area contributed by atoms with Gasteiger partial charge in [0, 0.05) is 38.8 Å². The quantitative estimate of drug-likeness (QED) is 0.169. The molecule has 0 bridgehead atoms. The lowest BCUT2D eigenvalue weighted by Gasteiger charge is -2.21. The van der Waals surface area contributed by atoms with Crippen LogP contribution in [-0.2, 0) is 0 Å². The maximum absolute atomic E-state index is 5.34. The predicted molar refractivity (Wildman–Crippen MR) is 253 cm³/mol. The Morgan fingerprint density at radius 2 is 1.05 bits per heavy atom. The lowest BCUT2D eigenvalue weighted by Crippen LogP contribution is -2.12. The van der Waals surface area contributed by atoms with Crippen molar-refractivity contribution in [3.05, 3.63) is 223 Å². The van der Waals surface area contributed by atoms with Crippen molar-refractivity contribution in [1.82, 2.24) is 19.5 Å². The number of aromatic nitrogens is 4. The van der Waals surface area contributed by atoms with Crippen LogP contribution in [0.3, 0.4) is 0 Å². The van der Waals surface area contributed by atoms with Gasteiger partial charge >= 0.3 is 0 Å². The van der Waals surface area contributed by atoms with Crippen molar-refractivity contribution in [2.75, 3.05) is 0 Å². The Labute approximate surface area is 353 Å². The summed E-state index contributed by atoms with van der Waals surface area (Å²) in [5.41, 5.74) is 12.3. The summed E-state index contributed by atoms with van der Waals surface area (Å²) in [4.78, 5) is 15.8. The molecule has 0 aliphatic heterocycles. The number of benzene rings is 9. The molecule has 0 saturated carbocycles. The van der Waals surface area contributed by atoms with Crippen LogP contribution in [0.1, 0.15) is 29.3 Å². The predicted octanol–water partition coefficient (Wildman–Crippen LogP) is 14.5. The second-order valence-electron chi connectivity index (χ2n) is 15.9. The summed E-state index contributed by atoms with van der Waals surface area (Å²) in [5, 5.41) is 7.31. The van der Waals surface area contributed by atoms with E-state index >= 15 is 0 Å². The monoisotopic (exact) mass is 778 g/mol. The second kappa shape index (κ2) is 14.4. The molecule has 12 rings (SSSR count). The van der Waals surface area contributed by atoms with Crippen LogP contribution in [0.2, 0.25) is 0 Å². The Kier molecular flexibility index (Phi) is 8.27. The smallest absolute Gasteiger partial charge is 0.163 e. The third kappa shape index (κ3) is 6.03. The molecule has 9 aromatic carbocycles. The first-order valence-corrected chi connectivity index (χ1v) is 21.0. The zero-order chi connectivity index (χ0) is 40.3. The third-order valence-corrected chi connectivity index (χ3v) is 12.4. The van der Waals surface area contributed by atoms with Gasteiger partial charge in [0.25, 0.3) is 0 Å². The van der Waals surface area contributed by atoms with E-state index in [4.69, 9.17) is 15.0 Å². The van der Waals surface area contributed by atoms with Crippen LogP contribution in [0.4, 0.5) is 0 Å². The van der Waals surface area contributed by atoms with Gasteiger partial charge in [-0.3, -0.25) is 0 Å². The molecule has 0 saturated heterocycles. The van der Waals surface area contributed by atoms with Gasteiger partial charge in [-0.1, -0.05) is 182 Å². The Balaban J connectivity index is 1.13. The fourth-order valence-electron chi connectivity index (χ4n) is 9.36. The molecule has 4 nitrogen and oxygen atoms in total. The minimum absolute atomic E-state index is 0.00962. The largest absolute Gasteiger partial charge is 0.308 e. The first-order valence-electron chi connectivity index (χ1n) is 21.0. The Bertz CT molecular complexity index is 3490. The van der Waals surface area contributed by atoms with Gasteiger partial charge in [0.1, 0.15) is 5.82 Å². The molecule has 2 aromatic heterocycles. The summed E-state index contributed by atoms with van der Waals surface area (Å²) < 4.78 is 2.49. The molecule has 0 fully saturated rings. The van der Waals surface area contributed by atoms with Crippen LogP contribution in [0.25, 0.3) is 100 Å². The fourth-order valence-corrected chi connectivity index (χ4v) is 9.36. The normalized spacial score (nSPS) is 13.6. The van der Waals surface area contributed by atoms with Crippen molar-refractivity contribution in [2.24, 2.45) is 0 Å². The minimum atomic E-state index is 0.00962. The van der Waals surface area contributed by atoms with Crippen molar-refractivity contribution in [2.45, 2.75) is 12.3 Å². The van der Waals surface area contributed by atoms with E-state index in [0.29, 0.717) is 11.6 Å². The second-order valence-corrected chi connectivity index (χ2v) is 15.9. The van der Waals surface area contributed by atoms with Gasteiger partial charge in [-0.2, -0.15) is 0 Å². The lowest BCUT2D eigenvalue weighted by molar-refractivity contribution is 0.740. The molecule has 1 unspecified atom stereocenters. The van der Waals surface area contributed by atoms with E-state index in [1.807, 2.05) is 18.2 Å². The van der Waals surface area contributed by atoms with E-state index in [2.05, 4.69) is 199 Å². The Morgan fingerprint density at radius 1 is 0.426 bits per heavy atom. The summed E-state index contributed by atoms with van der Waals surface area (Å²) >= 11 is 0. The highest BCUT2D eigenvalue weighted by Gasteiger charge is 2.25. The van der Waals surface area contributed by atoms with Gasteiger partial charge in [-0.05, 0) is 80.7 Å². The summed E-state index contributed by atoms with van der Waals surface area (Å²) in [6, 6.07) is 71.9. The molecular weight excluding hydrogens is 741 g/mol. The molecule has 4 heteroatoms. The first-order chi connectivity index (χ1) is 30.2. The molecule has 1 aliphatic rings. The van der Waals surface area contributed by atoms with Crippen LogP contribution in [0.15, 0.2) is 206 Å². The van der Waals surface area contributed by atoms with Crippen LogP contribution in [0, 0.1) is 0 Å². The van der Waals surface area contributed by atoms with E-state index < -0.39 is 0 Å². The highest BCUT2D eigenvalue weighted by atomic mass is 15.0. The molecule has 0 amide bonds. The molecule has 1 atom stereocenters. The highest BCUT2D eigenvalue weighted by molar-refractivity contribution is 6.21. The zero-order valence-corrected chi connectivity index (χ0v) is 33.3. The summed E-state index contributed by atoms with van der Waals surface area (Å²) in [7, 11) is 0. The molecule has 0 radical (unpaired) electrons. The van der Waals surface area contributed by atoms with Gasteiger partial charge in [-0.25, -0.2) is 15.0 Å². The van der Waals surface area contributed by atoms with Crippen LogP contribution in [0.5, 0.6) is 0 Å². The highest BCUT2D eigenvalue weighted by Crippen LogP contribution is 2.43. The summed E-state index contributed by atoms with van der Waals surface area (Å²) in [6.07, 6.45) is 5.27. The van der Waals surface area contributed by atoms with Crippen molar-refractivity contribution in [1.29, 1.82) is 0 Å². The molecule has 2 heterocycles. The summed E-state index contributed by atoms with van der Waals surface area (Å²) in [5.74, 6) is 2.11. The van der Waals surface area contributed by atoms with E-state index in [9.17, 15) is 0 Å². The number of allylic oxidation sites excluding steroid dienone is 1. The van der Waals surface area contributed by atoms with Gasteiger partial charge in [0.05, 0.1) is 16.7 Å². The number of fused-ring (bicyclic) bond motifs is 7. The molecular formula is C57H38N4. The lowest BCUT2D eigenvalue weighted by atomic mass is 9.86. The number of rotatable bonds is 6. The van der Waals surface area contributed by atoms with Crippen molar-refractivity contribution < 1.29 is 0 Å².